The quantitative estimate of drug-likeness (QED) is 0.671. The molecule has 0 bridgehead atoms. The molecule has 1 atom stereocenters. The van der Waals surface area contributed by atoms with Crippen molar-refractivity contribution in [2.45, 2.75) is 20.3 Å². The molecule has 7 heteroatoms. The average molecular weight is 421 g/mol. The van der Waals surface area contributed by atoms with E-state index in [1.54, 1.807) is 37.4 Å². The maximum Gasteiger partial charge on any atom is 0.229 e. The first kappa shape index (κ1) is 20.7. The Kier molecular flexibility index (Phi) is 5.50. The minimum atomic E-state index is -0.575. The lowest BCUT2D eigenvalue weighted by molar-refractivity contribution is -0.122. The summed E-state index contributed by atoms with van der Waals surface area (Å²) in [6, 6.07) is 15.5. The summed E-state index contributed by atoms with van der Waals surface area (Å²) in [5, 5.41) is 2.97. The van der Waals surface area contributed by atoms with Crippen LogP contribution in [0.5, 0.6) is 5.75 Å². The third-order valence-electron chi connectivity index (χ3n) is 5.61. The van der Waals surface area contributed by atoms with E-state index < -0.39 is 11.7 Å². The van der Waals surface area contributed by atoms with Gasteiger partial charge < -0.3 is 19.5 Å². The van der Waals surface area contributed by atoms with E-state index in [0.717, 1.165) is 17.1 Å². The second-order valence-corrected chi connectivity index (χ2v) is 7.68. The monoisotopic (exact) mass is 421 g/mol. The van der Waals surface area contributed by atoms with Gasteiger partial charge in [-0.15, -0.1) is 0 Å². The van der Waals surface area contributed by atoms with Gasteiger partial charge in [-0.1, -0.05) is 12.1 Å². The van der Waals surface area contributed by atoms with Gasteiger partial charge in [0.1, 0.15) is 11.6 Å². The lowest BCUT2D eigenvalue weighted by Gasteiger charge is -2.19. The Bertz CT molecular complexity index is 1140. The zero-order valence-electron chi connectivity index (χ0n) is 17.7. The van der Waals surface area contributed by atoms with Crippen LogP contribution in [0.2, 0.25) is 0 Å². The van der Waals surface area contributed by atoms with Gasteiger partial charge in [0, 0.05) is 30.4 Å². The van der Waals surface area contributed by atoms with Crippen molar-refractivity contribution in [3.05, 3.63) is 71.8 Å². The number of carbonyl (C=O) groups is 2. The number of amides is 2. The molecule has 1 aromatic heterocycles. The van der Waals surface area contributed by atoms with Crippen molar-refractivity contribution in [1.29, 1.82) is 0 Å². The SMILES string of the molecule is COc1ccc(NC(=O)[C@@H]2CC(=O)N(c3ccccc3F)C2)c(-n2c(C)ccc2C)c1. The molecule has 31 heavy (non-hydrogen) atoms. The fraction of sp³-hybridized carbons (Fsp3) is 0.250. The molecule has 0 aliphatic carbocycles. The first-order valence-electron chi connectivity index (χ1n) is 10.1. The Balaban J connectivity index is 1.60. The first-order chi connectivity index (χ1) is 14.9. The Morgan fingerprint density at radius 1 is 1.06 bits per heavy atom. The summed E-state index contributed by atoms with van der Waals surface area (Å²) in [4.78, 5) is 26.9. The van der Waals surface area contributed by atoms with E-state index in [2.05, 4.69) is 5.32 Å². The molecule has 4 rings (SSSR count). The van der Waals surface area contributed by atoms with Crippen LogP contribution in [0.4, 0.5) is 15.8 Å². The number of hydrogen-bond donors (Lipinski definition) is 1. The molecule has 3 aromatic rings. The van der Waals surface area contributed by atoms with Crippen LogP contribution in [0, 0.1) is 25.6 Å². The first-order valence-corrected chi connectivity index (χ1v) is 10.1. The minimum Gasteiger partial charge on any atom is -0.497 e. The topological polar surface area (TPSA) is 63.6 Å². The molecule has 1 aliphatic rings. The molecule has 2 amide bonds. The summed E-state index contributed by atoms with van der Waals surface area (Å²) in [6.07, 6.45) is 0.0350. The number of halogens is 1. The Morgan fingerprint density at radius 3 is 2.45 bits per heavy atom. The zero-order chi connectivity index (χ0) is 22.1. The molecule has 1 fully saturated rings. The van der Waals surface area contributed by atoms with E-state index in [1.807, 2.05) is 36.6 Å². The van der Waals surface area contributed by atoms with E-state index in [0.29, 0.717) is 11.4 Å². The molecule has 1 aliphatic heterocycles. The molecule has 2 aromatic carbocycles. The number of aryl methyl sites for hydroxylation is 2. The van der Waals surface area contributed by atoms with E-state index in [4.69, 9.17) is 4.74 Å². The number of methoxy groups -OCH3 is 1. The van der Waals surface area contributed by atoms with E-state index in [9.17, 15) is 14.0 Å². The van der Waals surface area contributed by atoms with Crippen molar-refractivity contribution in [3.63, 3.8) is 0 Å². The van der Waals surface area contributed by atoms with E-state index in [1.165, 1.54) is 11.0 Å². The molecule has 2 heterocycles. The number of ether oxygens (including phenoxy) is 1. The smallest absolute Gasteiger partial charge is 0.229 e. The molecule has 0 radical (unpaired) electrons. The standard InChI is InChI=1S/C24H24FN3O3/c1-15-8-9-16(2)28(15)22-13-18(31-3)10-11-20(22)26-24(30)17-12-23(29)27(14-17)21-7-5-4-6-19(21)25/h4-11,13,17H,12,14H2,1-3H3,(H,26,30)/t17-/m1/s1. The Hall–Kier alpha value is -3.61. The lowest BCUT2D eigenvalue weighted by atomic mass is 10.1. The molecule has 0 spiro atoms. The van der Waals surface area contributed by atoms with Crippen LogP contribution >= 0.6 is 0 Å². The van der Waals surface area contributed by atoms with Gasteiger partial charge in [-0.2, -0.15) is 0 Å². The predicted molar refractivity (Wildman–Crippen MR) is 117 cm³/mol. The summed E-state index contributed by atoms with van der Waals surface area (Å²) in [6.45, 7) is 4.11. The van der Waals surface area contributed by atoms with Gasteiger partial charge in [0.25, 0.3) is 0 Å². The molecule has 0 unspecified atom stereocenters. The highest BCUT2D eigenvalue weighted by Gasteiger charge is 2.36. The predicted octanol–water partition coefficient (Wildman–Crippen LogP) is 4.23. The summed E-state index contributed by atoms with van der Waals surface area (Å²) in [5.74, 6) is -0.928. The van der Waals surface area contributed by atoms with E-state index >= 15 is 0 Å². The summed E-state index contributed by atoms with van der Waals surface area (Å²) < 4.78 is 21.5. The van der Waals surface area contributed by atoms with Crippen LogP contribution in [0.1, 0.15) is 17.8 Å². The van der Waals surface area contributed by atoms with Gasteiger partial charge in [-0.05, 0) is 50.2 Å². The normalized spacial score (nSPS) is 15.9. The van der Waals surface area contributed by atoms with Gasteiger partial charge in [0.2, 0.25) is 11.8 Å². The third kappa shape index (κ3) is 3.91. The minimum absolute atomic E-state index is 0.0350. The third-order valence-corrected chi connectivity index (χ3v) is 5.61. The maximum atomic E-state index is 14.1. The van der Waals surface area contributed by atoms with Crippen LogP contribution in [0.15, 0.2) is 54.6 Å². The van der Waals surface area contributed by atoms with Crippen LogP contribution in [-0.2, 0) is 9.59 Å². The summed E-state index contributed by atoms with van der Waals surface area (Å²) >= 11 is 0. The molecule has 6 nitrogen and oxygen atoms in total. The van der Waals surface area contributed by atoms with Crippen molar-refractivity contribution in [3.8, 4) is 11.4 Å². The van der Waals surface area contributed by atoms with Crippen LogP contribution < -0.4 is 15.0 Å². The van der Waals surface area contributed by atoms with Crippen LogP contribution in [0.25, 0.3) is 5.69 Å². The Labute approximate surface area is 180 Å². The highest BCUT2D eigenvalue weighted by molar-refractivity contribution is 6.04. The molecular weight excluding hydrogens is 397 g/mol. The van der Waals surface area contributed by atoms with Crippen molar-refractivity contribution in [1.82, 2.24) is 4.57 Å². The number of nitrogens with one attached hydrogen (secondary N) is 1. The number of nitrogens with zero attached hydrogens (tertiary/aromatic N) is 2. The molecule has 0 saturated carbocycles. The number of carbonyl (C=O) groups excluding carboxylic acids is 2. The number of aromatic nitrogens is 1. The van der Waals surface area contributed by atoms with Gasteiger partial charge in [-0.25, -0.2) is 4.39 Å². The zero-order valence-corrected chi connectivity index (χ0v) is 17.7. The largest absolute Gasteiger partial charge is 0.497 e. The number of benzene rings is 2. The second-order valence-electron chi connectivity index (χ2n) is 7.68. The maximum absolute atomic E-state index is 14.1. The molecule has 1 N–H and O–H groups in total. The lowest BCUT2D eigenvalue weighted by Crippen LogP contribution is -2.29. The molecule has 1 saturated heterocycles. The van der Waals surface area contributed by atoms with Crippen molar-refractivity contribution in [2.75, 3.05) is 23.9 Å². The van der Waals surface area contributed by atoms with Gasteiger partial charge in [0.15, 0.2) is 0 Å². The fourth-order valence-corrected chi connectivity index (χ4v) is 4.00. The van der Waals surface area contributed by atoms with Crippen molar-refractivity contribution >= 4 is 23.2 Å². The number of rotatable bonds is 5. The van der Waals surface area contributed by atoms with Gasteiger partial charge in [-0.3, -0.25) is 9.59 Å². The van der Waals surface area contributed by atoms with E-state index in [-0.39, 0.29) is 30.5 Å². The summed E-state index contributed by atoms with van der Waals surface area (Å²) in [7, 11) is 1.59. The highest BCUT2D eigenvalue weighted by Crippen LogP contribution is 2.31. The highest BCUT2D eigenvalue weighted by atomic mass is 19.1. The average Bonchev–Trinajstić information content (AvgIpc) is 3.30. The van der Waals surface area contributed by atoms with Crippen LogP contribution in [-0.4, -0.2) is 30.0 Å². The van der Waals surface area contributed by atoms with Crippen molar-refractivity contribution < 1.29 is 18.7 Å². The number of para-hydroxylation sites is 1. The number of anilines is 2. The fourth-order valence-electron chi connectivity index (χ4n) is 4.00. The molecule has 160 valence electrons. The van der Waals surface area contributed by atoms with Crippen LogP contribution in [0.3, 0.4) is 0 Å². The number of hydrogen-bond acceptors (Lipinski definition) is 3. The van der Waals surface area contributed by atoms with Crippen molar-refractivity contribution in [2.24, 2.45) is 5.92 Å². The van der Waals surface area contributed by atoms with Gasteiger partial charge >= 0.3 is 0 Å². The van der Waals surface area contributed by atoms with Gasteiger partial charge in [0.05, 0.1) is 30.1 Å². The second kappa shape index (κ2) is 8.26. The summed E-state index contributed by atoms with van der Waals surface area (Å²) in [5.41, 5.74) is 3.63. The Morgan fingerprint density at radius 2 is 1.77 bits per heavy atom. The molecular formula is C24H24FN3O3.